The van der Waals surface area contributed by atoms with Crippen molar-refractivity contribution in [1.82, 2.24) is 15.5 Å². The van der Waals surface area contributed by atoms with Crippen molar-refractivity contribution >= 4 is 45.7 Å². The lowest BCUT2D eigenvalue weighted by molar-refractivity contribution is -0.117. The lowest BCUT2D eigenvalue weighted by Gasteiger charge is -2.05. The van der Waals surface area contributed by atoms with Crippen LogP contribution in [0.1, 0.15) is 21.5 Å². The summed E-state index contributed by atoms with van der Waals surface area (Å²) in [5.74, 6) is -0.132. The number of carbonyl (C=O) groups excluding carboxylic acids is 2. The second-order valence-electron chi connectivity index (χ2n) is 6.19. The Kier molecular flexibility index (Phi) is 6.84. The number of carbonyl (C=O) groups is 2. The van der Waals surface area contributed by atoms with Gasteiger partial charge in [-0.25, -0.2) is 0 Å². The van der Waals surface area contributed by atoms with E-state index < -0.39 is 11.8 Å². The molecule has 29 heavy (non-hydrogen) atoms. The first-order valence-electron chi connectivity index (χ1n) is 8.73. The molecule has 3 rings (SSSR count). The second kappa shape index (κ2) is 9.53. The number of aryl methyl sites for hydroxylation is 2. The van der Waals surface area contributed by atoms with Crippen LogP contribution in [0.5, 0.6) is 5.75 Å². The molecular formula is C20H20N4O3S2. The number of nitrogens with one attached hydrogen (secondary N) is 2. The lowest BCUT2D eigenvalue weighted by Crippen LogP contribution is -2.31. The third kappa shape index (κ3) is 5.78. The van der Waals surface area contributed by atoms with E-state index in [9.17, 15) is 9.59 Å². The number of thioether (sulfide) groups is 1. The summed E-state index contributed by atoms with van der Waals surface area (Å²) in [6, 6.07) is 12.6. The standard InChI is InChI=1S/C20H20N4O3S2/c1-12-4-7-15(10-13(12)2)21-19-23-24-20(29-19)28-11-17(25)22-18(26)14-5-8-16(27-3)9-6-14/h4-10H,11H2,1-3H3,(H,21,23)(H,22,25,26). The van der Waals surface area contributed by atoms with Gasteiger partial charge in [-0.3, -0.25) is 14.9 Å². The number of methoxy groups -OCH3 is 1. The fourth-order valence-electron chi connectivity index (χ4n) is 2.37. The molecule has 0 fully saturated rings. The molecule has 0 aliphatic heterocycles. The van der Waals surface area contributed by atoms with Crippen molar-refractivity contribution in [1.29, 1.82) is 0 Å². The predicted octanol–water partition coefficient (Wildman–Crippen LogP) is 3.96. The van der Waals surface area contributed by atoms with E-state index in [4.69, 9.17) is 4.74 Å². The summed E-state index contributed by atoms with van der Waals surface area (Å²) in [7, 11) is 1.55. The summed E-state index contributed by atoms with van der Waals surface area (Å²) in [6.07, 6.45) is 0. The monoisotopic (exact) mass is 428 g/mol. The minimum absolute atomic E-state index is 0.0696. The van der Waals surface area contributed by atoms with E-state index in [1.165, 1.54) is 34.2 Å². The van der Waals surface area contributed by atoms with Crippen molar-refractivity contribution in [2.45, 2.75) is 18.2 Å². The first kappa shape index (κ1) is 20.8. The number of amides is 2. The molecule has 0 saturated carbocycles. The highest BCUT2D eigenvalue weighted by molar-refractivity contribution is 8.01. The molecule has 9 heteroatoms. The fourth-order valence-corrected chi connectivity index (χ4v) is 3.94. The van der Waals surface area contributed by atoms with Crippen LogP contribution in [-0.4, -0.2) is 34.9 Å². The Hall–Kier alpha value is -2.91. The van der Waals surface area contributed by atoms with Crippen LogP contribution in [0.15, 0.2) is 46.8 Å². The van der Waals surface area contributed by atoms with E-state index in [2.05, 4.69) is 27.8 Å². The van der Waals surface area contributed by atoms with Gasteiger partial charge in [-0.05, 0) is 61.4 Å². The highest BCUT2D eigenvalue weighted by atomic mass is 32.2. The van der Waals surface area contributed by atoms with Crippen LogP contribution < -0.4 is 15.4 Å². The van der Waals surface area contributed by atoms with E-state index >= 15 is 0 Å². The lowest BCUT2D eigenvalue weighted by atomic mass is 10.1. The SMILES string of the molecule is COc1ccc(C(=O)NC(=O)CSc2nnc(Nc3ccc(C)c(C)c3)s2)cc1. The molecule has 0 radical (unpaired) electrons. The fraction of sp³-hybridized carbons (Fsp3) is 0.200. The average molecular weight is 429 g/mol. The number of nitrogens with zero attached hydrogens (tertiary/aromatic N) is 2. The molecule has 1 aromatic heterocycles. The van der Waals surface area contributed by atoms with Gasteiger partial charge in [0.25, 0.3) is 5.91 Å². The smallest absolute Gasteiger partial charge is 0.257 e. The largest absolute Gasteiger partial charge is 0.497 e. The first-order chi connectivity index (χ1) is 13.9. The topological polar surface area (TPSA) is 93.2 Å². The summed E-state index contributed by atoms with van der Waals surface area (Å²) in [6.45, 7) is 4.11. The number of rotatable bonds is 7. The Balaban J connectivity index is 1.50. The molecule has 0 spiro atoms. The molecule has 0 unspecified atom stereocenters. The molecule has 0 bridgehead atoms. The van der Waals surface area contributed by atoms with Gasteiger partial charge in [-0.1, -0.05) is 29.2 Å². The normalized spacial score (nSPS) is 10.4. The van der Waals surface area contributed by atoms with Crippen molar-refractivity contribution < 1.29 is 14.3 Å². The molecule has 0 atom stereocenters. The zero-order valence-corrected chi connectivity index (χ0v) is 17.8. The van der Waals surface area contributed by atoms with E-state index in [-0.39, 0.29) is 5.75 Å². The maximum atomic E-state index is 12.1. The quantitative estimate of drug-likeness (QED) is 0.550. The summed E-state index contributed by atoms with van der Waals surface area (Å²) < 4.78 is 5.69. The van der Waals surface area contributed by atoms with E-state index in [1.807, 2.05) is 25.1 Å². The molecule has 1 heterocycles. The molecule has 2 aromatic carbocycles. The van der Waals surface area contributed by atoms with Crippen LogP contribution in [0.25, 0.3) is 0 Å². The Morgan fingerprint density at radius 3 is 2.52 bits per heavy atom. The van der Waals surface area contributed by atoms with E-state index in [0.717, 1.165) is 5.69 Å². The Labute approximate surface area is 176 Å². The van der Waals surface area contributed by atoms with Gasteiger partial charge in [-0.2, -0.15) is 0 Å². The van der Waals surface area contributed by atoms with Crippen LogP contribution >= 0.6 is 23.1 Å². The van der Waals surface area contributed by atoms with E-state index in [1.54, 1.807) is 31.4 Å². The Morgan fingerprint density at radius 2 is 1.83 bits per heavy atom. The van der Waals surface area contributed by atoms with Gasteiger partial charge in [-0.15, -0.1) is 10.2 Å². The number of ether oxygens (including phenoxy) is 1. The molecular weight excluding hydrogens is 408 g/mol. The zero-order chi connectivity index (χ0) is 20.8. The van der Waals surface area contributed by atoms with Crippen LogP contribution in [0.4, 0.5) is 10.8 Å². The van der Waals surface area contributed by atoms with Gasteiger partial charge in [0.2, 0.25) is 11.0 Å². The number of hydrogen-bond acceptors (Lipinski definition) is 8. The minimum Gasteiger partial charge on any atom is -0.497 e. The number of anilines is 2. The minimum atomic E-state index is -0.451. The van der Waals surface area contributed by atoms with Crippen LogP contribution in [0.3, 0.4) is 0 Å². The molecule has 2 N–H and O–H groups in total. The maximum absolute atomic E-state index is 12.1. The summed E-state index contributed by atoms with van der Waals surface area (Å²) in [5.41, 5.74) is 3.73. The third-order valence-corrected chi connectivity index (χ3v) is 6.07. The van der Waals surface area contributed by atoms with Gasteiger partial charge in [0, 0.05) is 11.3 Å². The van der Waals surface area contributed by atoms with E-state index in [0.29, 0.717) is 20.8 Å². The van der Waals surface area contributed by atoms with Gasteiger partial charge in [0.05, 0.1) is 12.9 Å². The van der Waals surface area contributed by atoms with Crippen molar-refractivity contribution in [2.24, 2.45) is 0 Å². The summed E-state index contributed by atoms with van der Waals surface area (Å²) in [5, 5.41) is 14.4. The summed E-state index contributed by atoms with van der Waals surface area (Å²) in [4.78, 5) is 24.2. The van der Waals surface area contributed by atoms with Crippen molar-refractivity contribution in [3.05, 3.63) is 59.2 Å². The van der Waals surface area contributed by atoms with Gasteiger partial charge >= 0.3 is 0 Å². The maximum Gasteiger partial charge on any atom is 0.257 e. The number of benzene rings is 2. The Morgan fingerprint density at radius 1 is 1.07 bits per heavy atom. The highest BCUT2D eigenvalue weighted by Gasteiger charge is 2.13. The van der Waals surface area contributed by atoms with Gasteiger partial charge < -0.3 is 10.1 Å². The van der Waals surface area contributed by atoms with Crippen molar-refractivity contribution in [2.75, 3.05) is 18.2 Å². The van der Waals surface area contributed by atoms with Crippen LogP contribution in [-0.2, 0) is 4.79 Å². The average Bonchev–Trinajstić information content (AvgIpc) is 3.16. The molecule has 0 aliphatic rings. The molecule has 0 saturated heterocycles. The second-order valence-corrected chi connectivity index (χ2v) is 8.39. The van der Waals surface area contributed by atoms with Crippen LogP contribution in [0.2, 0.25) is 0 Å². The van der Waals surface area contributed by atoms with Gasteiger partial charge in [0.1, 0.15) is 5.75 Å². The molecule has 150 valence electrons. The predicted molar refractivity (Wildman–Crippen MR) is 115 cm³/mol. The highest BCUT2D eigenvalue weighted by Crippen LogP contribution is 2.28. The molecule has 7 nitrogen and oxygen atoms in total. The van der Waals surface area contributed by atoms with Crippen molar-refractivity contribution in [3.8, 4) is 5.75 Å². The van der Waals surface area contributed by atoms with Gasteiger partial charge in [0.15, 0.2) is 4.34 Å². The zero-order valence-electron chi connectivity index (χ0n) is 16.2. The third-order valence-electron chi connectivity index (χ3n) is 4.10. The molecule has 0 aliphatic carbocycles. The number of imide groups is 1. The molecule has 3 aromatic rings. The Bertz CT molecular complexity index is 1020. The van der Waals surface area contributed by atoms with Crippen LogP contribution in [0, 0.1) is 13.8 Å². The number of hydrogen-bond donors (Lipinski definition) is 2. The summed E-state index contributed by atoms with van der Waals surface area (Å²) >= 11 is 2.58. The number of aromatic nitrogens is 2. The molecule has 2 amide bonds. The van der Waals surface area contributed by atoms with Crippen molar-refractivity contribution in [3.63, 3.8) is 0 Å². The first-order valence-corrected chi connectivity index (χ1v) is 10.5.